The minimum Gasteiger partial charge on any atom is -0.299 e. The van der Waals surface area contributed by atoms with Crippen molar-refractivity contribution in [1.82, 2.24) is 0 Å². The number of fused-ring (bicyclic) bond motifs is 1. The van der Waals surface area contributed by atoms with Gasteiger partial charge in [-0.2, -0.15) is 0 Å². The fourth-order valence-electron chi connectivity index (χ4n) is 2.77. The fourth-order valence-corrected chi connectivity index (χ4v) is 2.77. The van der Waals surface area contributed by atoms with Crippen LogP contribution in [-0.2, 0) is 11.2 Å². The van der Waals surface area contributed by atoms with E-state index >= 15 is 0 Å². The normalized spacial score (nSPS) is 12.2. The maximum atomic E-state index is 12.1. The van der Waals surface area contributed by atoms with Crippen LogP contribution in [0.5, 0.6) is 0 Å². The molecule has 0 saturated carbocycles. The van der Waals surface area contributed by atoms with Crippen LogP contribution in [0.15, 0.2) is 72.8 Å². The fraction of sp³-hybridized carbons (Fsp3) is 0.150. The lowest BCUT2D eigenvalue weighted by atomic mass is 9.88. The van der Waals surface area contributed by atoms with E-state index in [1.54, 1.807) is 6.92 Å². The van der Waals surface area contributed by atoms with Gasteiger partial charge in [0.1, 0.15) is 5.78 Å². The molecule has 0 radical (unpaired) electrons. The molecule has 0 heterocycles. The average Bonchev–Trinajstić information content (AvgIpc) is 2.53. The van der Waals surface area contributed by atoms with Crippen molar-refractivity contribution in [3.05, 3.63) is 83.9 Å². The Labute approximate surface area is 125 Å². The molecule has 21 heavy (non-hydrogen) atoms. The maximum Gasteiger partial charge on any atom is 0.137 e. The van der Waals surface area contributed by atoms with Crippen LogP contribution in [0.25, 0.3) is 10.8 Å². The predicted octanol–water partition coefficient (Wildman–Crippen LogP) is 4.76. The molecule has 1 nitrogen and oxygen atoms in total. The lowest BCUT2D eigenvalue weighted by Gasteiger charge is -2.15. The Morgan fingerprint density at radius 3 is 2.24 bits per heavy atom. The van der Waals surface area contributed by atoms with E-state index in [4.69, 9.17) is 0 Å². The molecule has 0 aliphatic carbocycles. The number of hydrogen-bond donors (Lipinski definition) is 0. The summed E-state index contributed by atoms with van der Waals surface area (Å²) in [6.45, 7) is 1.68. The number of carbonyl (C=O) groups is 1. The van der Waals surface area contributed by atoms with Gasteiger partial charge < -0.3 is 0 Å². The Morgan fingerprint density at radius 1 is 0.857 bits per heavy atom. The van der Waals surface area contributed by atoms with Gasteiger partial charge >= 0.3 is 0 Å². The van der Waals surface area contributed by atoms with Crippen molar-refractivity contribution in [1.29, 1.82) is 0 Å². The summed E-state index contributed by atoms with van der Waals surface area (Å²) in [7, 11) is 0. The Balaban J connectivity index is 1.97. The molecule has 0 aliphatic heterocycles. The first-order valence-corrected chi connectivity index (χ1v) is 7.27. The van der Waals surface area contributed by atoms with Gasteiger partial charge in [-0.15, -0.1) is 0 Å². The molecule has 0 bridgehead atoms. The smallest absolute Gasteiger partial charge is 0.137 e. The van der Waals surface area contributed by atoms with Crippen molar-refractivity contribution in [3.63, 3.8) is 0 Å². The average molecular weight is 274 g/mol. The largest absolute Gasteiger partial charge is 0.299 e. The van der Waals surface area contributed by atoms with E-state index in [1.807, 2.05) is 30.3 Å². The Bertz CT molecular complexity index is 759. The van der Waals surface area contributed by atoms with Gasteiger partial charge in [0.15, 0.2) is 0 Å². The van der Waals surface area contributed by atoms with Crippen LogP contribution in [0.3, 0.4) is 0 Å². The first-order chi connectivity index (χ1) is 10.2. The van der Waals surface area contributed by atoms with Crippen LogP contribution in [0.1, 0.15) is 24.0 Å². The highest BCUT2D eigenvalue weighted by molar-refractivity contribution is 5.88. The number of hydrogen-bond acceptors (Lipinski definition) is 1. The summed E-state index contributed by atoms with van der Waals surface area (Å²) in [6.07, 6.45) is 0.758. The summed E-state index contributed by atoms with van der Waals surface area (Å²) in [6, 6.07) is 24.8. The first-order valence-electron chi connectivity index (χ1n) is 7.27. The van der Waals surface area contributed by atoms with Crippen molar-refractivity contribution >= 4 is 16.6 Å². The third kappa shape index (κ3) is 3.03. The molecule has 0 spiro atoms. The van der Waals surface area contributed by atoms with Crippen LogP contribution in [0.2, 0.25) is 0 Å². The Kier molecular flexibility index (Phi) is 3.83. The summed E-state index contributed by atoms with van der Waals surface area (Å²) in [4.78, 5) is 12.1. The summed E-state index contributed by atoms with van der Waals surface area (Å²) < 4.78 is 0. The number of benzene rings is 3. The second-order valence-corrected chi connectivity index (χ2v) is 5.46. The third-order valence-corrected chi connectivity index (χ3v) is 3.95. The molecule has 0 amide bonds. The zero-order valence-corrected chi connectivity index (χ0v) is 12.1. The predicted molar refractivity (Wildman–Crippen MR) is 87.5 cm³/mol. The Hall–Kier alpha value is -2.41. The van der Waals surface area contributed by atoms with E-state index in [9.17, 15) is 4.79 Å². The van der Waals surface area contributed by atoms with Crippen molar-refractivity contribution in [3.8, 4) is 0 Å². The van der Waals surface area contributed by atoms with Gasteiger partial charge in [0, 0.05) is 5.92 Å². The van der Waals surface area contributed by atoms with Gasteiger partial charge in [-0.3, -0.25) is 4.79 Å². The maximum absolute atomic E-state index is 12.1. The summed E-state index contributed by atoms with van der Waals surface area (Å²) in [5, 5.41) is 2.40. The van der Waals surface area contributed by atoms with Crippen LogP contribution in [0, 0.1) is 0 Å². The highest BCUT2D eigenvalue weighted by atomic mass is 16.1. The molecule has 104 valence electrons. The van der Waals surface area contributed by atoms with Gasteiger partial charge in [-0.1, -0.05) is 72.8 Å². The van der Waals surface area contributed by atoms with Crippen LogP contribution < -0.4 is 0 Å². The van der Waals surface area contributed by atoms with Crippen LogP contribution in [0.4, 0.5) is 0 Å². The number of Topliss-reactive ketones (excluding diaryl/α,β-unsaturated/α-hetero) is 1. The number of rotatable bonds is 4. The van der Waals surface area contributed by atoms with Gasteiger partial charge in [-0.05, 0) is 35.2 Å². The van der Waals surface area contributed by atoms with E-state index in [0.29, 0.717) is 0 Å². The third-order valence-electron chi connectivity index (χ3n) is 3.95. The van der Waals surface area contributed by atoms with E-state index in [1.165, 1.54) is 16.3 Å². The molecule has 3 aromatic carbocycles. The summed E-state index contributed by atoms with van der Waals surface area (Å²) in [5.74, 6) is 0.145. The zero-order chi connectivity index (χ0) is 14.7. The molecule has 3 rings (SSSR count). The molecule has 1 unspecified atom stereocenters. The zero-order valence-electron chi connectivity index (χ0n) is 12.1. The van der Waals surface area contributed by atoms with Crippen molar-refractivity contribution in [2.75, 3.05) is 0 Å². The number of carbonyl (C=O) groups excluding carboxylic acids is 1. The number of ketones is 1. The second-order valence-electron chi connectivity index (χ2n) is 5.46. The molecule has 0 saturated heterocycles. The lowest BCUT2D eigenvalue weighted by molar-refractivity contribution is -0.118. The van der Waals surface area contributed by atoms with Crippen LogP contribution in [-0.4, -0.2) is 5.78 Å². The second kappa shape index (κ2) is 5.92. The molecular weight excluding hydrogens is 256 g/mol. The molecule has 0 fully saturated rings. The monoisotopic (exact) mass is 274 g/mol. The minimum absolute atomic E-state index is 0.0722. The van der Waals surface area contributed by atoms with E-state index in [-0.39, 0.29) is 11.7 Å². The van der Waals surface area contributed by atoms with Gasteiger partial charge in [0.2, 0.25) is 0 Å². The van der Waals surface area contributed by atoms with Gasteiger partial charge in [0.25, 0.3) is 0 Å². The summed E-state index contributed by atoms with van der Waals surface area (Å²) >= 11 is 0. The molecule has 0 N–H and O–H groups in total. The molecule has 1 atom stereocenters. The van der Waals surface area contributed by atoms with Crippen LogP contribution >= 0.6 is 0 Å². The van der Waals surface area contributed by atoms with E-state index in [2.05, 4.69) is 42.5 Å². The molecule has 0 aromatic heterocycles. The SMILES string of the molecule is CC(=O)C(Cc1ccccc1)c1ccc2ccccc2c1. The molecule has 1 heteroatoms. The quantitative estimate of drug-likeness (QED) is 0.670. The van der Waals surface area contributed by atoms with Gasteiger partial charge in [-0.25, -0.2) is 0 Å². The molecule has 3 aromatic rings. The Morgan fingerprint density at radius 2 is 1.52 bits per heavy atom. The highest BCUT2D eigenvalue weighted by Crippen LogP contribution is 2.25. The molecular formula is C20H18O. The lowest BCUT2D eigenvalue weighted by Crippen LogP contribution is -2.12. The molecule has 0 aliphatic rings. The van der Waals surface area contributed by atoms with Gasteiger partial charge in [0.05, 0.1) is 0 Å². The standard InChI is InChI=1S/C20H18O/c1-15(21)20(13-16-7-3-2-4-8-16)19-12-11-17-9-5-6-10-18(17)14-19/h2-12,14,20H,13H2,1H3. The van der Waals surface area contributed by atoms with Crippen molar-refractivity contribution in [2.24, 2.45) is 0 Å². The van der Waals surface area contributed by atoms with E-state index < -0.39 is 0 Å². The highest BCUT2D eigenvalue weighted by Gasteiger charge is 2.17. The minimum atomic E-state index is -0.0722. The topological polar surface area (TPSA) is 17.1 Å². The van der Waals surface area contributed by atoms with E-state index in [0.717, 1.165) is 12.0 Å². The summed E-state index contributed by atoms with van der Waals surface area (Å²) in [5.41, 5.74) is 2.30. The van der Waals surface area contributed by atoms with Crippen molar-refractivity contribution in [2.45, 2.75) is 19.3 Å². The first kappa shape index (κ1) is 13.6. The van der Waals surface area contributed by atoms with Crippen molar-refractivity contribution < 1.29 is 4.79 Å².